The van der Waals surface area contributed by atoms with E-state index in [1.807, 2.05) is 0 Å². The number of carbonyl (C=O) groups is 1. The maximum atomic E-state index is 12.0. The SMILES string of the molecule is CC(C)(C)C(=O)CS(=O)c1ccccc1[N+](=O)[O-]. The van der Waals surface area contributed by atoms with E-state index in [1.54, 1.807) is 26.8 Å². The van der Waals surface area contributed by atoms with Crippen molar-refractivity contribution in [3.63, 3.8) is 0 Å². The van der Waals surface area contributed by atoms with Crippen LogP contribution in [0.15, 0.2) is 29.2 Å². The summed E-state index contributed by atoms with van der Waals surface area (Å²) in [6.45, 7) is 5.18. The molecule has 0 fully saturated rings. The van der Waals surface area contributed by atoms with E-state index in [4.69, 9.17) is 0 Å². The molecule has 1 atom stereocenters. The molecular weight excluding hydrogens is 254 g/mol. The Balaban J connectivity index is 2.99. The van der Waals surface area contributed by atoms with Crippen LogP contribution in [0.5, 0.6) is 0 Å². The van der Waals surface area contributed by atoms with Crippen LogP contribution in [0.3, 0.4) is 0 Å². The molecule has 0 radical (unpaired) electrons. The number of nitrogens with zero attached hydrogens (tertiary/aromatic N) is 1. The van der Waals surface area contributed by atoms with Crippen LogP contribution >= 0.6 is 0 Å². The molecule has 5 nitrogen and oxygen atoms in total. The zero-order chi connectivity index (χ0) is 13.9. The van der Waals surface area contributed by atoms with Gasteiger partial charge in [0.1, 0.15) is 4.90 Å². The second kappa shape index (κ2) is 5.39. The third-order valence-electron chi connectivity index (χ3n) is 2.41. The van der Waals surface area contributed by atoms with E-state index in [9.17, 15) is 19.1 Å². The van der Waals surface area contributed by atoms with Gasteiger partial charge in [-0.3, -0.25) is 19.1 Å². The van der Waals surface area contributed by atoms with E-state index in [2.05, 4.69) is 0 Å². The highest BCUT2D eigenvalue weighted by molar-refractivity contribution is 7.86. The standard InChI is InChI=1S/C12H15NO4S/c1-12(2,3)11(14)8-18(17)10-7-5-4-6-9(10)13(15)16/h4-7H,8H2,1-3H3. The van der Waals surface area contributed by atoms with Crippen LogP contribution in [0.4, 0.5) is 5.69 Å². The van der Waals surface area contributed by atoms with Crippen molar-refractivity contribution in [3.8, 4) is 0 Å². The number of rotatable bonds is 4. The predicted molar refractivity (Wildman–Crippen MR) is 68.8 cm³/mol. The largest absolute Gasteiger partial charge is 0.298 e. The first kappa shape index (κ1) is 14.5. The fraction of sp³-hybridized carbons (Fsp3) is 0.417. The fourth-order valence-electron chi connectivity index (χ4n) is 1.21. The molecule has 0 aliphatic carbocycles. The smallest absolute Gasteiger partial charge is 0.285 e. The summed E-state index contributed by atoms with van der Waals surface area (Å²) in [7, 11) is -1.68. The quantitative estimate of drug-likeness (QED) is 0.620. The molecule has 18 heavy (non-hydrogen) atoms. The third kappa shape index (κ3) is 3.46. The van der Waals surface area contributed by atoms with Gasteiger partial charge in [0.05, 0.1) is 21.5 Å². The van der Waals surface area contributed by atoms with E-state index in [1.165, 1.54) is 18.2 Å². The topological polar surface area (TPSA) is 77.3 Å². The van der Waals surface area contributed by atoms with E-state index < -0.39 is 21.1 Å². The lowest BCUT2D eigenvalue weighted by Crippen LogP contribution is -2.25. The Morgan fingerprint density at radius 2 is 1.89 bits per heavy atom. The lowest BCUT2D eigenvalue weighted by Gasteiger charge is -2.15. The number of para-hydroxylation sites is 1. The van der Waals surface area contributed by atoms with Crippen LogP contribution in [0.1, 0.15) is 20.8 Å². The summed E-state index contributed by atoms with van der Waals surface area (Å²) in [5.74, 6) is -0.382. The first-order chi connectivity index (χ1) is 8.23. The van der Waals surface area contributed by atoms with Crippen LogP contribution < -0.4 is 0 Å². The summed E-state index contributed by atoms with van der Waals surface area (Å²) in [4.78, 5) is 22.1. The molecule has 0 N–H and O–H groups in total. The predicted octanol–water partition coefficient (Wildman–Crippen LogP) is 2.32. The molecule has 0 amide bonds. The summed E-state index contributed by atoms with van der Waals surface area (Å²) in [5, 5.41) is 10.8. The lowest BCUT2D eigenvalue weighted by molar-refractivity contribution is -0.387. The molecule has 1 unspecified atom stereocenters. The molecule has 1 rings (SSSR count). The number of benzene rings is 1. The number of hydrogen-bond acceptors (Lipinski definition) is 4. The highest BCUT2D eigenvalue weighted by Crippen LogP contribution is 2.23. The first-order valence-electron chi connectivity index (χ1n) is 5.38. The molecule has 0 heterocycles. The fourth-order valence-corrected chi connectivity index (χ4v) is 2.65. The molecule has 0 aromatic heterocycles. The molecule has 6 heteroatoms. The third-order valence-corrected chi connectivity index (χ3v) is 3.77. The number of carbonyl (C=O) groups excluding carboxylic acids is 1. The van der Waals surface area contributed by atoms with Gasteiger partial charge < -0.3 is 0 Å². The second-order valence-corrected chi connectivity index (χ2v) is 6.31. The van der Waals surface area contributed by atoms with Crippen molar-refractivity contribution in [2.45, 2.75) is 25.7 Å². The van der Waals surface area contributed by atoms with Gasteiger partial charge in [0.15, 0.2) is 5.78 Å². The van der Waals surface area contributed by atoms with Gasteiger partial charge in [-0.2, -0.15) is 0 Å². The second-order valence-electron chi connectivity index (χ2n) is 4.89. The summed E-state index contributed by atoms with van der Waals surface area (Å²) in [5.41, 5.74) is -0.809. The minimum atomic E-state index is -1.68. The number of hydrogen-bond donors (Lipinski definition) is 0. The number of nitro benzene ring substituents is 1. The summed E-state index contributed by atoms with van der Waals surface area (Å²) >= 11 is 0. The molecule has 98 valence electrons. The van der Waals surface area contributed by atoms with Crippen molar-refractivity contribution in [1.29, 1.82) is 0 Å². The Bertz CT molecular complexity index is 505. The monoisotopic (exact) mass is 269 g/mol. The van der Waals surface area contributed by atoms with Crippen molar-refractivity contribution in [2.75, 3.05) is 5.75 Å². The Hall–Kier alpha value is -1.56. The Morgan fingerprint density at radius 1 is 1.33 bits per heavy atom. The minimum Gasteiger partial charge on any atom is -0.298 e. The Kier molecular flexibility index (Phi) is 4.34. The highest BCUT2D eigenvalue weighted by atomic mass is 32.2. The van der Waals surface area contributed by atoms with Gasteiger partial charge in [-0.15, -0.1) is 0 Å². The van der Waals surface area contributed by atoms with Gasteiger partial charge in [0.25, 0.3) is 5.69 Å². The molecule has 0 spiro atoms. The van der Waals surface area contributed by atoms with Gasteiger partial charge in [-0.05, 0) is 6.07 Å². The normalized spacial score (nSPS) is 13.1. The highest BCUT2D eigenvalue weighted by Gasteiger charge is 2.26. The summed E-state index contributed by atoms with van der Waals surface area (Å²) in [6, 6.07) is 5.78. The van der Waals surface area contributed by atoms with Gasteiger partial charge in [-0.25, -0.2) is 0 Å². The molecule has 1 aromatic rings. The van der Waals surface area contributed by atoms with Crippen molar-refractivity contribution >= 4 is 22.3 Å². The number of nitro groups is 1. The molecule has 0 bridgehead atoms. The number of ketones is 1. The maximum absolute atomic E-state index is 12.0. The van der Waals surface area contributed by atoms with Gasteiger partial charge in [0.2, 0.25) is 0 Å². The average molecular weight is 269 g/mol. The minimum absolute atomic E-state index is 0.0973. The van der Waals surface area contributed by atoms with Crippen molar-refractivity contribution < 1.29 is 13.9 Å². The zero-order valence-electron chi connectivity index (χ0n) is 10.5. The van der Waals surface area contributed by atoms with E-state index in [-0.39, 0.29) is 22.1 Å². The van der Waals surface area contributed by atoms with Gasteiger partial charge in [-0.1, -0.05) is 32.9 Å². The van der Waals surface area contributed by atoms with E-state index in [0.717, 1.165) is 0 Å². The van der Waals surface area contributed by atoms with Crippen LogP contribution in [-0.2, 0) is 15.6 Å². The van der Waals surface area contributed by atoms with Crippen molar-refractivity contribution in [3.05, 3.63) is 34.4 Å². The van der Waals surface area contributed by atoms with Crippen LogP contribution in [-0.4, -0.2) is 20.7 Å². The lowest BCUT2D eigenvalue weighted by atomic mass is 9.92. The summed E-state index contributed by atoms with van der Waals surface area (Å²) in [6.07, 6.45) is 0. The van der Waals surface area contributed by atoms with E-state index >= 15 is 0 Å². The van der Waals surface area contributed by atoms with Gasteiger partial charge >= 0.3 is 0 Å². The Morgan fingerprint density at radius 3 is 2.39 bits per heavy atom. The summed E-state index contributed by atoms with van der Waals surface area (Å²) < 4.78 is 12.0. The molecule has 0 saturated carbocycles. The molecule has 1 aromatic carbocycles. The van der Waals surface area contributed by atoms with Gasteiger partial charge in [0, 0.05) is 11.5 Å². The number of Topliss-reactive ketones (excluding diaryl/α,β-unsaturated/α-hetero) is 1. The molecule has 0 saturated heterocycles. The maximum Gasteiger partial charge on any atom is 0.285 e. The molecule has 0 aliphatic rings. The Labute approximate surface area is 108 Å². The molecular formula is C12H15NO4S. The van der Waals surface area contributed by atoms with Crippen LogP contribution in [0, 0.1) is 15.5 Å². The first-order valence-corrected chi connectivity index (χ1v) is 6.70. The van der Waals surface area contributed by atoms with Crippen molar-refractivity contribution in [2.24, 2.45) is 5.41 Å². The van der Waals surface area contributed by atoms with Crippen LogP contribution in [0.2, 0.25) is 0 Å². The zero-order valence-corrected chi connectivity index (χ0v) is 11.3. The van der Waals surface area contributed by atoms with E-state index in [0.29, 0.717) is 0 Å². The van der Waals surface area contributed by atoms with Crippen LogP contribution in [0.25, 0.3) is 0 Å². The molecule has 0 aliphatic heterocycles. The average Bonchev–Trinajstić information content (AvgIpc) is 2.27. The van der Waals surface area contributed by atoms with Crippen molar-refractivity contribution in [1.82, 2.24) is 0 Å².